The van der Waals surface area contributed by atoms with Crippen molar-refractivity contribution in [2.45, 2.75) is 6.04 Å². The topological polar surface area (TPSA) is 0 Å². The van der Waals surface area contributed by atoms with Crippen LogP contribution in [0.15, 0.2) is 24.3 Å². The van der Waals surface area contributed by atoms with Crippen molar-refractivity contribution in [3.8, 4) is 0 Å². The minimum Gasteiger partial charge on any atom is -0.322 e. The van der Waals surface area contributed by atoms with Crippen molar-refractivity contribution in [1.29, 1.82) is 0 Å². The molecule has 1 nitrogen and oxygen atoms in total. The molecular formula is C8H14NTi+5. The first-order valence-electron chi connectivity index (χ1n) is 3.27. The van der Waals surface area contributed by atoms with E-state index in [9.17, 15) is 0 Å². The number of rotatable bonds is 1. The molecule has 0 aromatic rings. The molecule has 0 amide bonds. The Morgan fingerprint density at radius 3 is 1.60 bits per heavy atom. The van der Waals surface area contributed by atoms with Gasteiger partial charge in [0.1, 0.15) is 6.04 Å². The van der Waals surface area contributed by atoms with Crippen molar-refractivity contribution in [3.05, 3.63) is 24.3 Å². The molecule has 0 aromatic carbocycles. The van der Waals surface area contributed by atoms with Crippen LogP contribution in [0, 0.1) is 0 Å². The van der Waals surface area contributed by atoms with Crippen LogP contribution in [-0.2, 0) is 21.7 Å². The fourth-order valence-corrected chi connectivity index (χ4v) is 0.937. The van der Waals surface area contributed by atoms with E-state index in [4.69, 9.17) is 0 Å². The van der Waals surface area contributed by atoms with Crippen LogP contribution in [0.3, 0.4) is 0 Å². The Morgan fingerprint density at radius 1 is 1.00 bits per heavy atom. The molecule has 0 aliphatic heterocycles. The second-order valence-electron chi connectivity index (χ2n) is 3.38. The molecule has 1 aliphatic carbocycles. The van der Waals surface area contributed by atoms with Crippen molar-refractivity contribution < 1.29 is 26.2 Å². The minimum absolute atomic E-state index is 0. The van der Waals surface area contributed by atoms with E-state index in [0.29, 0.717) is 6.04 Å². The second-order valence-corrected chi connectivity index (χ2v) is 3.38. The Labute approximate surface area is 77.9 Å². The molecule has 0 fully saturated rings. The van der Waals surface area contributed by atoms with E-state index < -0.39 is 0 Å². The summed E-state index contributed by atoms with van der Waals surface area (Å²) >= 11 is 0. The van der Waals surface area contributed by atoms with Gasteiger partial charge in [-0.15, -0.1) is 0 Å². The van der Waals surface area contributed by atoms with Gasteiger partial charge in [-0.2, -0.15) is 0 Å². The van der Waals surface area contributed by atoms with E-state index in [1.54, 1.807) is 0 Å². The predicted molar refractivity (Wildman–Crippen MR) is 40.1 cm³/mol. The first-order valence-corrected chi connectivity index (χ1v) is 3.27. The summed E-state index contributed by atoms with van der Waals surface area (Å²) in [5.74, 6) is 0. The third kappa shape index (κ3) is 2.41. The van der Waals surface area contributed by atoms with Crippen LogP contribution in [0.5, 0.6) is 0 Å². The summed E-state index contributed by atoms with van der Waals surface area (Å²) < 4.78 is 0.993. The van der Waals surface area contributed by atoms with Gasteiger partial charge in [0, 0.05) is 0 Å². The first-order chi connectivity index (χ1) is 4.11. The fraction of sp³-hybridized carbons (Fsp3) is 0.500. The van der Waals surface area contributed by atoms with Gasteiger partial charge in [-0.25, -0.2) is 0 Å². The summed E-state index contributed by atoms with van der Waals surface area (Å²) in [5.41, 5.74) is 0. The maximum absolute atomic E-state index is 2.22. The van der Waals surface area contributed by atoms with Crippen LogP contribution < -0.4 is 0 Å². The Morgan fingerprint density at radius 2 is 1.40 bits per heavy atom. The van der Waals surface area contributed by atoms with Crippen molar-refractivity contribution in [2.24, 2.45) is 0 Å². The van der Waals surface area contributed by atoms with E-state index >= 15 is 0 Å². The summed E-state index contributed by atoms with van der Waals surface area (Å²) in [7, 11) is 6.60. The Balaban J connectivity index is 0.000000810. The molecule has 1 rings (SSSR count). The van der Waals surface area contributed by atoms with Crippen LogP contribution in [0.25, 0.3) is 0 Å². The smallest absolute Gasteiger partial charge is 0.322 e. The van der Waals surface area contributed by atoms with Gasteiger partial charge in [-0.05, 0) is 12.2 Å². The Bertz CT molecular complexity index is 141. The van der Waals surface area contributed by atoms with Crippen LogP contribution in [0.4, 0.5) is 0 Å². The number of likely N-dealkylation sites (N-methyl/N-ethyl adjacent to an activating group) is 1. The maximum Gasteiger partial charge on any atom is 4.00 e. The Hall–Kier alpha value is 0.154. The molecule has 0 spiro atoms. The zero-order valence-electron chi connectivity index (χ0n) is 6.83. The fourth-order valence-electron chi connectivity index (χ4n) is 0.937. The van der Waals surface area contributed by atoms with E-state index in [1.807, 2.05) is 0 Å². The van der Waals surface area contributed by atoms with Gasteiger partial charge in [-0.3, -0.25) is 0 Å². The van der Waals surface area contributed by atoms with E-state index in [0.717, 1.165) is 4.48 Å². The molecule has 0 N–H and O–H groups in total. The summed E-state index contributed by atoms with van der Waals surface area (Å²) in [6, 6.07) is 0.588. The molecule has 50 valence electrons. The number of hydrogen-bond donors (Lipinski definition) is 0. The molecule has 0 bridgehead atoms. The molecule has 0 atom stereocenters. The number of allylic oxidation sites excluding steroid dienone is 2. The number of nitrogens with zero attached hydrogens (tertiary/aromatic N) is 1. The van der Waals surface area contributed by atoms with Crippen molar-refractivity contribution >= 4 is 0 Å². The molecule has 2 heteroatoms. The van der Waals surface area contributed by atoms with Crippen LogP contribution >= 0.6 is 0 Å². The predicted octanol–water partition coefficient (Wildman–Crippen LogP) is 1.18. The molecule has 0 unspecified atom stereocenters. The summed E-state index contributed by atoms with van der Waals surface area (Å²) in [5, 5.41) is 0. The third-order valence-corrected chi connectivity index (χ3v) is 1.62. The van der Waals surface area contributed by atoms with Gasteiger partial charge >= 0.3 is 21.7 Å². The molecule has 0 radical (unpaired) electrons. The van der Waals surface area contributed by atoms with Gasteiger partial charge < -0.3 is 4.48 Å². The normalized spacial score (nSPS) is 17.5. The third-order valence-electron chi connectivity index (χ3n) is 1.62. The summed E-state index contributed by atoms with van der Waals surface area (Å²) in [6.07, 6.45) is 8.66. The largest absolute Gasteiger partial charge is 4.00 e. The standard InChI is InChI=1S/C8H14N.Ti/c1-9(2,3)8-6-4-5-7-8;/h4-8H,1-3H3;/q+1;+4. The SMILES string of the molecule is C[N+](C)(C)C1C=CC=C1.[Ti+4]. The van der Waals surface area contributed by atoms with Gasteiger partial charge in [0.2, 0.25) is 0 Å². The first kappa shape index (κ1) is 10.2. The second kappa shape index (κ2) is 3.52. The van der Waals surface area contributed by atoms with E-state index in [1.165, 1.54) is 0 Å². The zero-order chi connectivity index (χ0) is 6.91. The van der Waals surface area contributed by atoms with Crippen molar-refractivity contribution in [3.63, 3.8) is 0 Å². The maximum atomic E-state index is 2.22. The molecule has 1 aliphatic rings. The van der Waals surface area contributed by atoms with Crippen LogP contribution in [-0.4, -0.2) is 31.7 Å². The Kier molecular flexibility index (Phi) is 3.57. The monoisotopic (exact) mass is 172 g/mol. The van der Waals surface area contributed by atoms with Crippen LogP contribution in [0.1, 0.15) is 0 Å². The van der Waals surface area contributed by atoms with Gasteiger partial charge in [0.05, 0.1) is 21.1 Å². The zero-order valence-corrected chi connectivity index (χ0v) is 8.40. The van der Waals surface area contributed by atoms with Crippen molar-refractivity contribution in [1.82, 2.24) is 0 Å². The minimum atomic E-state index is 0. The average molecular weight is 172 g/mol. The number of hydrogen-bond acceptors (Lipinski definition) is 0. The van der Waals surface area contributed by atoms with E-state index in [-0.39, 0.29) is 21.7 Å². The van der Waals surface area contributed by atoms with E-state index in [2.05, 4.69) is 45.4 Å². The van der Waals surface area contributed by atoms with Crippen molar-refractivity contribution in [2.75, 3.05) is 21.1 Å². The quantitative estimate of drug-likeness (QED) is 0.411. The molecule has 0 heterocycles. The van der Waals surface area contributed by atoms with Gasteiger partial charge in [0.15, 0.2) is 0 Å². The number of quaternary nitrogens is 1. The molecule has 0 saturated heterocycles. The van der Waals surface area contributed by atoms with Gasteiger partial charge in [0.25, 0.3) is 0 Å². The molecule has 0 saturated carbocycles. The van der Waals surface area contributed by atoms with Crippen LogP contribution in [0.2, 0.25) is 0 Å². The summed E-state index contributed by atoms with van der Waals surface area (Å²) in [6.45, 7) is 0. The molecule has 0 aromatic heterocycles. The average Bonchev–Trinajstić information content (AvgIpc) is 2.08. The molecule has 10 heavy (non-hydrogen) atoms. The summed E-state index contributed by atoms with van der Waals surface area (Å²) in [4.78, 5) is 0. The molecular weight excluding hydrogens is 158 g/mol. The van der Waals surface area contributed by atoms with Gasteiger partial charge in [-0.1, -0.05) is 12.2 Å².